The summed E-state index contributed by atoms with van der Waals surface area (Å²) in [4.78, 5) is 0. The summed E-state index contributed by atoms with van der Waals surface area (Å²) >= 11 is 5.97. The Balaban J connectivity index is 2.18. The molecule has 6 heteroatoms. The van der Waals surface area contributed by atoms with Crippen molar-refractivity contribution in [2.45, 2.75) is 18.9 Å². The lowest BCUT2D eigenvalue weighted by atomic mass is 9.88. The van der Waals surface area contributed by atoms with Crippen LogP contribution in [0.25, 0.3) is 0 Å². The summed E-state index contributed by atoms with van der Waals surface area (Å²) in [6.45, 7) is 1.51. The molecular formula is C10H15ClN4O. The number of halogens is 1. The zero-order valence-electron chi connectivity index (χ0n) is 8.90. The maximum absolute atomic E-state index is 6.18. The van der Waals surface area contributed by atoms with Gasteiger partial charge < -0.3 is 16.2 Å². The first-order valence-corrected chi connectivity index (χ1v) is 5.68. The highest BCUT2D eigenvalue weighted by Gasteiger charge is 2.24. The second kappa shape index (κ2) is 4.95. The van der Waals surface area contributed by atoms with E-state index in [1.807, 2.05) is 0 Å². The van der Waals surface area contributed by atoms with Crippen LogP contribution in [-0.2, 0) is 4.74 Å². The molecule has 0 bridgehead atoms. The number of hydrogen-bond acceptors (Lipinski definition) is 5. The van der Waals surface area contributed by atoms with E-state index in [-0.39, 0.29) is 6.04 Å². The van der Waals surface area contributed by atoms with Crippen LogP contribution in [0.15, 0.2) is 6.07 Å². The minimum Gasteiger partial charge on any atom is -0.382 e. The molecule has 5 nitrogen and oxygen atoms in total. The molecule has 1 aromatic heterocycles. The zero-order valence-corrected chi connectivity index (χ0v) is 9.65. The molecule has 16 heavy (non-hydrogen) atoms. The molecule has 0 unspecified atom stereocenters. The molecule has 1 atom stereocenters. The summed E-state index contributed by atoms with van der Waals surface area (Å²) in [5.41, 5.74) is 12.5. The van der Waals surface area contributed by atoms with Crippen LogP contribution in [0.3, 0.4) is 0 Å². The van der Waals surface area contributed by atoms with E-state index in [2.05, 4.69) is 10.2 Å². The molecule has 88 valence electrons. The number of nitrogens with two attached hydrogens (primary N) is 2. The third kappa shape index (κ3) is 2.42. The van der Waals surface area contributed by atoms with Gasteiger partial charge in [-0.05, 0) is 24.8 Å². The van der Waals surface area contributed by atoms with Crippen molar-refractivity contribution in [3.05, 3.63) is 16.8 Å². The number of aromatic nitrogens is 2. The first-order valence-electron chi connectivity index (χ1n) is 5.30. The van der Waals surface area contributed by atoms with Crippen LogP contribution in [0.2, 0.25) is 5.15 Å². The standard InChI is InChI=1S/C10H15ClN4O/c11-10-7(5-8(12)14-15-10)9(13)6-1-3-16-4-2-6/h5-6,9H,1-4,13H2,(H2,12,14)/t9-/m1/s1. The maximum Gasteiger partial charge on any atom is 0.156 e. The van der Waals surface area contributed by atoms with Gasteiger partial charge in [0.1, 0.15) is 5.82 Å². The fraction of sp³-hybridized carbons (Fsp3) is 0.600. The van der Waals surface area contributed by atoms with E-state index in [0.717, 1.165) is 31.6 Å². The van der Waals surface area contributed by atoms with Crippen molar-refractivity contribution < 1.29 is 4.74 Å². The predicted molar refractivity (Wildman–Crippen MR) is 61.9 cm³/mol. The molecule has 0 radical (unpaired) electrons. The quantitative estimate of drug-likeness (QED) is 0.812. The summed E-state index contributed by atoms with van der Waals surface area (Å²) < 4.78 is 5.30. The summed E-state index contributed by atoms with van der Waals surface area (Å²) in [5, 5.41) is 7.80. The van der Waals surface area contributed by atoms with Crippen molar-refractivity contribution in [1.29, 1.82) is 0 Å². The van der Waals surface area contributed by atoms with Gasteiger partial charge in [-0.25, -0.2) is 0 Å². The molecule has 0 saturated carbocycles. The van der Waals surface area contributed by atoms with Crippen molar-refractivity contribution in [3.63, 3.8) is 0 Å². The average Bonchev–Trinajstić information content (AvgIpc) is 2.32. The normalized spacial score (nSPS) is 19.6. The Hall–Kier alpha value is -0.910. The van der Waals surface area contributed by atoms with Crippen molar-refractivity contribution in [1.82, 2.24) is 10.2 Å². The second-order valence-electron chi connectivity index (χ2n) is 3.99. The smallest absolute Gasteiger partial charge is 0.156 e. The van der Waals surface area contributed by atoms with Gasteiger partial charge in [0.25, 0.3) is 0 Å². The van der Waals surface area contributed by atoms with E-state index < -0.39 is 0 Å². The Labute approximate surface area is 99.1 Å². The van der Waals surface area contributed by atoms with E-state index in [9.17, 15) is 0 Å². The van der Waals surface area contributed by atoms with Gasteiger partial charge in [-0.15, -0.1) is 10.2 Å². The molecule has 0 aliphatic carbocycles. The van der Waals surface area contributed by atoms with Crippen molar-refractivity contribution in [2.75, 3.05) is 18.9 Å². The number of rotatable bonds is 2. The summed E-state index contributed by atoms with van der Waals surface area (Å²) in [5.74, 6) is 0.719. The van der Waals surface area contributed by atoms with Gasteiger partial charge in [0, 0.05) is 24.8 Å². The molecule has 0 aromatic carbocycles. The molecule has 1 fully saturated rings. The molecular weight excluding hydrogens is 228 g/mol. The lowest BCUT2D eigenvalue weighted by Crippen LogP contribution is -2.28. The number of nitrogen functional groups attached to an aromatic ring is 1. The van der Waals surface area contributed by atoms with Gasteiger partial charge in [-0.1, -0.05) is 11.6 Å². The monoisotopic (exact) mass is 242 g/mol. The SMILES string of the molecule is Nc1cc([C@H](N)C2CCOCC2)c(Cl)nn1. The Morgan fingerprint density at radius 3 is 2.75 bits per heavy atom. The molecule has 0 amide bonds. The van der Waals surface area contributed by atoms with Crippen LogP contribution in [-0.4, -0.2) is 23.4 Å². The molecule has 1 aromatic rings. The van der Waals surface area contributed by atoms with Crippen LogP contribution in [0.4, 0.5) is 5.82 Å². The second-order valence-corrected chi connectivity index (χ2v) is 4.35. The van der Waals surface area contributed by atoms with Crippen LogP contribution in [0, 0.1) is 5.92 Å². The largest absolute Gasteiger partial charge is 0.382 e. The van der Waals surface area contributed by atoms with Gasteiger partial charge in [0.05, 0.1) is 0 Å². The first kappa shape index (κ1) is 11.6. The summed E-state index contributed by atoms with van der Waals surface area (Å²) in [7, 11) is 0. The maximum atomic E-state index is 6.18. The topological polar surface area (TPSA) is 87.0 Å². The molecule has 0 spiro atoms. The zero-order chi connectivity index (χ0) is 11.5. The van der Waals surface area contributed by atoms with Crippen molar-refractivity contribution >= 4 is 17.4 Å². The molecule has 4 N–H and O–H groups in total. The van der Waals surface area contributed by atoms with Gasteiger partial charge in [-0.2, -0.15) is 0 Å². The summed E-state index contributed by atoms with van der Waals surface area (Å²) in [6.07, 6.45) is 1.89. The van der Waals surface area contributed by atoms with Crippen LogP contribution < -0.4 is 11.5 Å². The molecule has 2 rings (SSSR count). The van der Waals surface area contributed by atoms with E-state index in [1.165, 1.54) is 0 Å². The number of nitrogens with zero attached hydrogens (tertiary/aromatic N) is 2. The minimum atomic E-state index is -0.144. The Kier molecular flexibility index (Phi) is 3.58. The van der Waals surface area contributed by atoms with E-state index in [4.69, 9.17) is 27.8 Å². The lowest BCUT2D eigenvalue weighted by Gasteiger charge is -2.28. The number of anilines is 1. The van der Waals surface area contributed by atoms with Gasteiger partial charge in [0.2, 0.25) is 0 Å². The molecule has 1 aliphatic rings. The van der Waals surface area contributed by atoms with E-state index in [0.29, 0.717) is 16.9 Å². The highest BCUT2D eigenvalue weighted by molar-refractivity contribution is 6.30. The number of hydrogen-bond donors (Lipinski definition) is 2. The first-order chi connectivity index (χ1) is 7.68. The Bertz CT molecular complexity index is 368. The highest BCUT2D eigenvalue weighted by atomic mass is 35.5. The van der Waals surface area contributed by atoms with E-state index >= 15 is 0 Å². The van der Waals surface area contributed by atoms with E-state index in [1.54, 1.807) is 6.07 Å². The van der Waals surface area contributed by atoms with Gasteiger partial charge in [-0.3, -0.25) is 0 Å². The number of ether oxygens (including phenoxy) is 1. The van der Waals surface area contributed by atoms with Crippen molar-refractivity contribution in [3.8, 4) is 0 Å². The highest BCUT2D eigenvalue weighted by Crippen LogP contribution is 2.31. The van der Waals surface area contributed by atoms with Crippen LogP contribution in [0.5, 0.6) is 0 Å². The minimum absolute atomic E-state index is 0.144. The van der Waals surface area contributed by atoms with Gasteiger partial charge >= 0.3 is 0 Å². The van der Waals surface area contributed by atoms with Crippen LogP contribution >= 0.6 is 11.6 Å². The van der Waals surface area contributed by atoms with Gasteiger partial charge in [0.15, 0.2) is 5.15 Å². The Morgan fingerprint density at radius 1 is 1.38 bits per heavy atom. The average molecular weight is 243 g/mol. The fourth-order valence-corrected chi connectivity index (χ4v) is 2.19. The fourth-order valence-electron chi connectivity index (χ4n) is 1.97. The van der Waals surface area contributed by atoms with Crippen molar-refractivity contribution in [2.24, 2.45) is 11.7 Å². The molecule has 1 saturated heterocycles. The lowest BCUT2D eigenvalue weighted by molar-refractivity contribution is 0.0583. The predicted octanol–water partition coefficient (Wildman–Crippen LogP) is 1.14. The Morgan fingerprint density at radius 2 is 2.06 bits per heavy atom. The van der Waals surface area contributed by atoms with Crippen LogP contribution in [0.1, 0.15) is 24.4 Å². The molecule has 2 heterocycles. The third-order valence-corrected chi connectivity index (χ3v) is 3.22. The third-order valence-electron chi connectivity index (χ3n) is 2.93. The molecule has 1 aliphatic heterocycles. The summed E-state index contributed by atoms with van der Waals surface area (Å²) in [6, 6.07) is 1.56.